The molecule has 6 N–H and O–H groups in total. The zero-order valence-corrected chi connectivity index (χ0v) is 52.9. The summed E-state index contributed by atoms with van der Waals surface area (Å²) in [7, 11) is 0. The zero-order chi connectivity index (χ0) is 65.4. The highest BCUT2D eigenvalue weighted by Gasteiger charge is 2.32. The number of carbonyl (C=O) groups excluding carboxylic acids is 2. The van der Waals surface area contributed by atoms with E-state index in [1.807, 2.05) is 35.0 Å². The van der Waals surface area contributed by atoms with Gasteiger partial charge >= 0.3 is 0 Å². The van der Waals surface area contributed by atoms with Crippen LogP contribution in [0.5, 0.6) is 0 Å². The molecule has 0 bridgehead atoms. The van der Waals surface area contributed by atoms with Crippen LogP contribution in [-0.4, -0.2) is 146 Å². The molecule has 0 radical (unpaired) electrons. The lowest BCUT2D eigenvalue weighted by Gasteiger charge is -2.29. The number of azide groups is 1. The number of amides is 2. The molecule has 4 aliphatic carbocycles. The van der Waals surface area contributed by atoms with Crippen LogP contribution in [0.3, 0.4) is 0 Å². The van der Waals surface area contributed by atoms with E-state index in [2.05, 4.69) is 112 Å². The Bertz CT molecular complexity index is 3770. The normalized spacial score (nSPS) is 18.6. The Balaban J connectivity index is 0.000000197. The average molecular weight is 1240 g/mol. The molecular formula is C66H83F2N19O4. The maximum Gasteiger partial charge on any atom is 0.255 e. The zero-order valence-electron chi connectivity index (χ0n) is 52.9. The molecule has 0 unspecified atom stereocenters. The third-order valence-electron chi connectivity index (χ3n) is 16.9. The van der Waals surface area contributed by atoms with Gasteiger partial charge in [0.25, 0.3) is 11.8 Å². The second-order valence-electron chi connectivity index (χ2n) is 24.7. The van der Waals surface area contributed by atoms with Crippen LogP contribution in [0.2, 0.25) is 0 Å². The first-order chi connectivity index (χ1) is 43.7. The van der Waals surface area contributed by atoms with E-state index in [1.165, 1.54) is 85.0 Å². The van der Waals surface area contributed by atoms with Crippen LogP contribution in [0.4, 0.5) is 20.2 Å². The van der Waals surface area contributed by atoms with Gasteiger partial charge in [0.15, 0.2) is 0 Å². The van der Waals surface area contributed by atoms with Gasteiger partial charge < -0.3 is 36.4 Å². The van der Waals surface area contributed by atoms with Gasteiger partial charge in [-0.3, -0.25) is 19.6 Å². The van der Waals surface area contributed by atoms with E-state index in [-0.39, 0.29) is 42.2 Å². The van der Waals surface area contributed by atoms with Crippen molar-refractivity contribution in [3.8, 4) is 47.3 Å². The number of alkyl halides is 2. The number of nitrogens with zero attached hydrogens (tertiary/aromatic N) is 15. The molecule has 7 aromatic rings. The van der Waals surface area contributed by atoms with Crippen LogP contribution in [0.25, 0.3) is 44.3 Å². The van der Waals surface area contributed by atoms with Crippen molar-refractivity contribution in [3.63, 3.8) is 0 Å². The monoisotopic (exact) mass is 1240 g/mol. The number of halogens is 2. The quantitative estimate of drug-likeness (QED) is 0.0179. The van der Waals surface area contributed by atoms with Crippen LogP contribution in [0.15, 0.2) is 84.6 Å². The number of pyridine rings is 2. The van der Waals surface area contributed by atoms with Crippen LogP contribution >= 0.6 is 0 Å². The minimum Gasteiger partial charge on any atom is -0.387 e. The molecule has 4 fully saturated rings. The summed E-state index contributed by atoms with van der Waals surface area (Å²) in [6.07, 6.45) is 22.1. The van der Waals surface area contributed by atoms with E-state index >= 15 is 0 Å². The smallest absolute Gasteiger partial charge is 0.255 e. The molecule has 4 aliphatic rings. The minimum absolute atomic E-state index is 0.118. The molecule has 0 aliphatic heterocycles. The van der Waals surface area contributed by atoms with Gasteiger partial charge in [0.05, 0.1) is 116 Å². The number of fused-ring (bicyclic) bond motifs is 2. The first-order valence-corrected chi connectivity index (χ1v) is 31.4. The second kappa shape index (κ2) is 31.1. The molecule has 2 atom stereocenters. The molecule has 2 amide bonds. The summed E-state index contributed by atoms with van der Waals surface area (Å²) in [5, 5.41) is 71.3. The lowest BCUT2D eigenvalue weighted by Crippen LogP contribution is -2.42. The average Bonchev–Trinajstić information content (AvgIpc) is 1.80. The van der Waals surface area contributed by atoms with E-state index in [0.29, 0.717) is 63.3 Å². The van der Waals surface area contributed by atoms with Crippen molar-refractivity contribution in [2.75, 3.05) is 43.4 Å². The number of nitrogens with one attached hydrogen (secondary N) is 4. The summed E-state index contributed by atoms with van der Waals surface area (Å²) in [6.45, 7) is 14.9. The number of terminal acetylenes is 1. The van der Waals surface area contributed by atoms with Gasteiger partial charge in [-0.25, -0.2) is 22.5 Å². The van der Waals surface area contributed by atoms with Gasteiger partial charge in [0.1, 0.15) is 24.5 Å². The molecule has 11 rings (SSSR count). The van der Waals surface area contributed by atoms with Crippen molar-refractivity contribution in [2.24, 2.45) is 11.0 Å². The van der Waals surface area contributed by atoms with Crippen LogP contribution in [-0.2, 0) is 0 Å². The van der Waals surface area contributed by atoms with Crippen molar-refractivity contribution < 1.29 is 28.6 Å². The number of hydrogen-bond acceptors (Lipinski definition) is 16. The van der Waals surface area contributed by atoms with Crippen molar-refractivity contribution in [2.45, 2.75) is 179 Å². The number of nitriles is 2. The van der Waals surface area contributed by atoms with Gasteiger partial charge in [-0.05, 0) is 178 Å². The maximum atomic E-state index is 14.4. The van der Waals surface area contributed by atoms with Gasteiger partial charge in [-0.2, -0.15) is 20.7 Å². The molecule has 7 aromatic heterocycles. The van der Waals surface area contributed by atoms with Crippen molar-refractivity contribution in [1.82, 2.24) is 59.7 Å². The van der Waals surface area contributed by atoms with E-state index in [1.54, 1.807) is 27.2 Å². The SMILES string of the molecule is C#CC1CCC(Nc2cc(-c3ccc4cc(C#N)cnn34)ncc2C(=O)NC[C@@H](F)C(C)(C)O)CC1.CC(C)(O)[C@H](F)CNC(=O)c1cnc(-c2ccc3cc(C#N)cnn23)cc1NC1CCC(c2cn(C3CC3)nn2)CC1.CCN(CC)CC.[N-]=[N+]=NC1CC1. The Morgan fingerprint density at radius 2 is 1.18 bits per heavy atom. The lowest BCUT2D eigenvalue weighted by molar-refractivity contribution is -0.00209. The minimum atomic E-state index is -1.63. The Morgan fingerprint density at radius 3 is 1.55 bits per heavy atom. The molecule has 0 spiro atoms. The van der Waals surface area contributed by atoms with E-state index in [4.69, 9.17) is 17.2 Å². The van der Waals surface area contributed by atoms with Crippen LogP contribution in [0.1, 0.15) is 175 Å². The Labute approximate surface area is 529 Å². The summed E-state index contributed by atoms with van der Waals surface area (Å²) in [6, 6.07) is 19.8. The molecule has 91 heavy (non-hydrogen) atoms. The summed E-state index contributed by atoms with van der Waals surface area (Å²) in [5.74, 6) is 2.47. The Kier molecular flexibility index (Phi) is 23.2. The summed E-state index contributed by atoms with van der Waals surface area (Å²) < 4.78 is 34.0. The molecule has 7 heterocycles. The Hall–Kier alpha value is -9.05. The molecular weight excluding hydrogens is 1160 g/mol. The fourth-order valence-corrected chi connectivity index (χ4v) is 10.7. The number of aromatic nitrogens is 9. The highest BCUT2D eigenvalue weighted by Crippen LogP contribution is 2.38. The van der Waals surface area contributed by atoms with Crippen molar-refractivity contribution >= 4 is 34.2 Å². The predicted octanol–water partition coefficient (Wildman–Crippen LogP) is 10.7. The molecule has 0 aromatic carbocycles. The third kappa shape index (κ3) is 18.5. The molecule has 23 nitrogen and oxygen atoms in total. The largest absolute Gasteiger partial charge is 0.387 e. The van der Waals surface area contributed by atoms with Gasteiger partial charge in [0, 0.05) is 53.5 Å². The summed E-state index contributed by atoms with van der Waals surface area (Å²) in [4.78, 5) is 40.3. The number of rotatable bonds is 20. The summed E-state index contributed by atoms with van der Waals surface area (Å²) >= 11 is 0. The molecule has 25 heteroatoms. The van der Waals surface area contributed by atoms with Crippen LogP contribution in [0, 0.1) is 40.9 Å². The number of carbonyl (C=O) groups is 2. The van der Waals surface area contributed by atoms with Crippen molar-refractivity contribution in [3.05, 3.63) is 118 Å². The number of hydrogen-bond donors (Lipinski definition) is 6. The maximum absolute atomic E-state index is 14.4. The molecule has 480 valence electrons. The molecule has 0 saturated heterocycles. The standard InChI is InChI=1S/C30H34FN9O2.C27H29FN6O2.C6H15N.C3H5N3/c1-30(2,42)28(31)16-34-29(41)23-15-33-25(27-10-9-22-11-18(13-32)14-35-40(22)27)12-24(23)36-20-5-3-19(4-6-20)26-17-39(38-37-26)21-7-8-21;1-4-17-5-7-19(8-6-17)33-22-12-23(24-10-9-20-11-18(13-29)14-32-34(20)24)30-15-21(22)26(35)31-16-25(28)27(2,3)36;1-4-7(5-2)6-3;4-6-5-3-1-2-3/h9-12,14-15,17,19-21,28,42H,3-8,16H2,1-2H3,(H,33,36)(H,34,41);1,9-12,14-15,17,19,25,36H,5-8,16H2,2-3H3,(H,30,33)(H,31,35);4-6H2,1-3H3;3H,1-2H2/t19?,20?,28-;17?,19?,25-;;/m11../s1. The van der Waals surface area contributed by atoms with E-state index in [9.17, 15) is 33.8 Å². The van der Waals surface area contributed by atoms with E-state index in [0.717, 1.165) is 80.9 Å². The fraction of sp³-hybridized carbons (Fsp3) is 0.515. The Morgan fingerprint density at radius 1 is 0.714 bits per heavy atom. The highest BCUT2D eigenvalue weighted by atomic mass is 19.1. The molecule has 4 saturated carbocycles. The van der Waals surface area contributed by atoms with E-state index < -0.39 is 35.4 Å². The van der Waals surface area contributed by atoms with Gasteiger partial charge in [-0.1, -0.05) is 31.1 Å². The summed E-state index contributed by atoms with van der Waals surface area (Å²) in [5.41, 5.74) is 12.4. The van der Waals surface area contributed by atoms with Crippen molar-refractivity contribution in [1.29, 1.82) is 10.5 Å². The number of anilines is 2. The lowest BCUT2D eigenvalue weighted by atomic mass is 9.84. The van der Waals surface area contributed by atoms with Crippen LogP contribution < -0.4 is 21.3 Å². The topological polar surface area (TPSA) is 313 Å². The first-order valence-electron chi connectivity index (χ1n) is 31.4. The predicted molar refractivity (Wildman–Crippen MR) is 344 cm³/mol. The number of aliphatic hydroxyl groups is 2. The highest BCUT2D eigenvalue weighted by molar-refractivity contribution is 6.00. The van der Waals surface area contributed by atoms with Gasteiger partial charge in [-0.15, -0.1) is 17.4 Å². The first kappa shape index (κ1) is 67.9. The van der Waals surface area contributed by atoms with Gasteiger partial charge in [0.2, 0.25) is 0 Å². The second-order valence-corrected chi connectivity index (χ2v) is 24.7. The fourth-order valence-electron chi connectivity index (χ4n) is 10.7. The third-order valence-corrected chi connectivity index (χ3v) is 16.9.